The second-order valence-electron chi connectivity index (χ2n) is 6.90. The van der Waals surface area contributed by atoms with Crippen molar-refractivity contribution in [2.24, 2.45) is 17.6 Å². The molecule has 1 aliphatic rings. The van der Waals surface area contributed by atoms with Crippen LogP contribution < -0.4 is 11.1 Å². The summed E-state index contributed by atoms with van der Waals surface area (Å²) in [6.45, 7) is 6.36. The van der Waals surface area contributed by atoms with Crippen molar-refractivity contribution in [3.8, 4) is 0 Å². The smallest absolute Gasteiger partial charge is 0.244 e. The molecule has 0 bridgehead atoms. The van der Waals surface area contributed by atoms with Crippen LogP contribution in [0.15, 0.2) is 30.3 Å². The Labute approximate surface area is 128 Å². The Bertz CT molecular complexity index is 459. The van der Waals surface area contributed by atoms with Crippen LogP contribution in [0.5, 0.6) is 0 Å². The minimum absolute atomic E-state index is 0.0679. The normalized spacial score (nSPS) is 25.4. The van der Waals surface area contributed by atoms with Gasteiger partial charge in [-0.05, 0) is 50.0 Å². The van der Waals surface area contributed by atoms with E-state index in [0.29, 0.717) is 0 Å². The number of carbonyl (C=O) groups excluding carboxylic acids is 1. The zero-order valence-corrected chi connectivity index (χ0v) is 13.4. The SMILES string of the molecule is CC(C)C1CCC(NC(=O)C(C)(N)c2ccccc2)CC1. The Morgan fingerprint density at radius 1 is 1.19 bits per heavy atom. The van der Waals surface area contributed by atoms with Crippen molar-refractivity contribution < 1.29 is 4.79 Å². The van der Waals surface area contributed by atoms with Gasteiger partial charge in [0.05, 0.1) is 0 Å². The van der Waals surface area contributed by atoms with Crippen molar-refractivity contribution in [1.29, 1.82) is 0 Å². The van der Waals surface area contributed by atoms with Gasteiger partial charge in [-0.2, -0.15) is 0 Å². The summed E-state index contributed by atoms with van der Waals surface area (Å²) in [5.41, 5.74) is 6.16. The van der Waals surface area contributed by atoms with Crippen LogP contribution in [0, 0.1) is 11.8 Å². The van der Waals surface area contributed by atoms with Crippen LogP contribution >= 0.6 is 0 Å². The predicted octanol–water partition coefficient (Wildman–Crippen LogP) is 3.19. The van der Waals surface area contributed by atoms with Crippen molar-refractivity contribution in [3.05, 3.63) is 35.9 Å². The van der Waals surface area contributed by atoms with Crippen LogP contribution in [0.2, 0.25) is 0 Å². The quantitative estimate of drug-likeness (QED) is 0.894. The molecule has 0 radical (unpaired) electrons. The zero-order chi connectivity index (χ0) is 15.5. The van der Waals surface area contributed by atoms with Crippen LogP contribution in [-0.4, -0.2) is 11.9 Å². The van der Waals surface area contributed by atoms with Crippen molar-refractivity contribution >= 4 is 5.91 Å². The minimum Gasteiger partial charge on any atom is -0.351 e. The summed E-state index contributed by atoms with van der Waals surface area (Å²) in [7, 11) is 0. The number of hydrogen-bond donors (Lipinski definition) is 2. The van der Waals surface area contributed by atoms with Crippen LogP contribution in [0.3, 0.4) is 0 Å². The second kappa shape index (κ2) is 6.61. The molecule has 1 aromatic carbocycles. The van der Waals surface area contributed by atoms with Crippen LogP contribution in [0.1, 0.15) is 52.0 Å². The Balaban J connectivity index is 1.93. The molecule has 0 heterocycles. The van der Waals surface area contributed by atoms with Gasteiger partial charge in [-0.3, -0.25) is 4.79 Å². The molecule has 1 unspecified atom stereocenters. The summed E-state index contributed by atoms with van der Waals surface area (Å²) in [4.78, 5) is 12.5. The van der Waals surface area contributed by atoms with Gasteiger partial charge in [0.1, 0.15) is 5.54 Å². The second-order valence-corrected chi connectivity index (χ2v) is 6.90. The van der Waals surface area contributed by atoms with E-state index in [1.165, 1.54) is 12.8 Å². The molecular formula is C18H28N2O. The zero-order valence-electron chi connectivity index (χ0n) is 13.4. The molecule has 1 fully saturated rings. The Kier molecular flexibility index (Phi) is 5.04. The summed E-state index contributed by atoms with van der Waals surface area (Å²) in [5.74, 6) is 1.48. The van der Waals surface area contributed by atoms with E-state index in [0.717, 1.165) is 30.2 Å². The van der Waals surface area contributed by atoms with Gasteiger partial charge in [-0.15, -0.1) is 0 Å². The highest BCUT2D eigenvalue weighted by molar-refractivity contribution is 5.87. The average Bonchev–Trinajstić information content (AvgIpc) is 2.48. The highest BCUT2D eigenvalue weighted by Crippen LogP contribution is 2.30. The Hall–Kier alpha value is -1.35. The van der Waals surface area contributed by atoms with Crippen LogP contribution in [0.4, 0.5) is 0 Å². The first-order valence-corrected chi connectivity index (χ1v) is 8.06. The molecule has 1 aliphatic carbocycles. The Morgan fingerprint density at radius 3 is 2.29 bits per heavy atom. The fourth-order valence-corrected chi connectivity index (χ4v) is 3.18. The molecule has 3 nitrogen and oxygen atoms in total. The van der Waals surface area contributed by atoms with Crippen molar-refractivity contribution in [2.75, 3.05) is 0 Å². The van der Waals surface area contributed by atoms with Crippen molar-refractivity contribution in [1.82, 2.24) is 5.32 Å². The lowest BCUT2D eigenvalue weighted by Gasteiger charge is -2.33. The molecule has 0 aromatic heterocycles. The molecule has 3 heteroatoms. The predicted molar refractivity (Wildman–Crippen MR) is 86.7 cm³/mol. The lowest BCUT2D eigenvalue weighted by atomic mass is 9.79. The van der Waals surface area contributed by atoms with E-state index in [1.807, 2.05) is 30.3 Å². The van der Waals surface area contributed by atoms with Gasteiger partial charge >= 0.3 is 0 Å². The molecule has 2 rings (SSSR count). The molecule has 21 heavy (non-hydrogen) atoms. The molecule has 0 spiro atoms. The molecule has 1 atom stereocenters. The maximum atomic E-state index is 12.5. The lowest BCUT2D eigenvalue weighted by Crippen LogP contribution is -2.52. The number of hydrogen-bond acceptors (Lipinski definition) is 2. The summed E-state index contributed by atoms with van der Waals surface area (Å²) in [6.07, 6.45) is 4.55. The van der Waals surface area contributed by atoms with E-state index in [-0.39, 0.29) is 11.9 Å². The third-order valence-corrected chi connectivity index (χ3v) is 4.90. The first-order valence-electron chi connectivity index (χ1n) is 8.06. The third-order valence-electron chi connectivity index (χ3n) is 4.90. The molecule has 1 saturated carbocycles. The molecule has 116 valence electrons. The highest BCUT2D eigenvalue weighted by Gasteiger charge is 2.33. The fraction of sp³-hybridized carbons (Fsp3) is 0.611. The average molecular weight is 288 g/mol. The lowest BCUT2D eigenvalue weighted by molar-refractivity contribution is -0.127. The summed E-state index contributed by atoms with van der Waals surface area (Å²) in [6, 6.07) is 9.87. The molecule has 3 N–H and O–H groups in total. The van der Waals surface area contributed by atoms with Gasteiger partial charge in [0.15, 0.2) is 0 Å². The third kappa shape index (κ3) is 3.85. The standard InChI is InChI=1S/C18H28N2O/c1-13(2)14-9-11-16(12-10-14)20-17(21)18(3,19)15-7-5-4-6-8-15/h4-8,13-14,16H,9-12,19H2,1-3H3,(H,20,21). The van der Waals surface area contributed by atoms with E-state index >= 15 is 0 Å². The molecule has 1 aromatic rings. The van der Waals surface area contributed by atoms with Gasteiger partial charge in [0.2, 0.25) is 5.91 Å². The largest absolute Gasteiger partial charge is 0.351 e. The minimum atomic E-state index is -0.962. The maximum Gasteiger partial charge on any atom is 0.244 e. The molecule has 0 saturated heterocycles. The summed E-state index contributed by atoms with van der Waals surface area (Å²) < 4.78 is 0. The van der Waals surface area contributed by atoms with E-state index in [4.69, 9.17) is 5.73 Å². The van der Waals surface area contributed by atoms with Gasteiger partial charge in [-0.25, -0.2) is 0 Å². The molecular weight excluding hydrogens is 260 g/mol. The van der Waals surface area contributed by atoms with E-state index < -0.39 is 5.54 Å². The number of nitrogens with two attached hydrogens (primary N) is 1. The molecule has 1 amide bonds. The summed E-state index contributed by atoms with van der Waals surface area (Å²) >= 11 is 0. The maximum absolute atomic E-state index is 12.5. The van der Waals surface area contributed by atoms with Crippen LogP contribution in [0.25, 0.3) is 0 Å². The number of benzene rings is 1. The summed E-state index contributed by atoms with van der Waals surface area (Å²) in [5, 5.41) is 3.15. The van der Waals surface area contributed by atoms with Gasteiger partial charge in [0, 0.05) is 6.04 Å². The first kappa shape index (κ1) is 16.0. The van der Waals surface area contributed by atoms with Crippen LogP contribution in [-0.2, 0) is 10.3 Å². The Morgan fingerprint density at radius 2 is 1.76 bits per heavy atom. The number of carbonyl (C=O) groups is 1. The number of amides is 1. The fourth-order valence-electron chi connectivity index (χ4n) is 3.18. The van der Waals surface area contributed by atoms with E-state index in [9.17, 15) is 4.79 Å². The topological polar surface area (TPSA) is 55.1 Å². The highest BCUT2D eigenvalue weighted by atomic mass is 16.2. The molecule has 0 aliphatic heterocycles. The van der Waals surface area contributed by atoms with Gasteiger partial charge < -0.3 is 11.1 Å². The van der Waals surface area contributed by atoms with Crippen molar-refractivity contribution in [2.45, 2.75) is 58.0 Å². The monoisotopic (exact) mass is 288 g/mol. The van der Waals surface area contributed by atoms with Gasteiger partial charge in [-0.1, -0.05) is 44.2 Å². The van der Waals surface area contributed by atoms with E-state index in [1.54, 1.807) is 6.92 Å². The first-order chi connectivity index (χ1) is 9.91. The van der Waals surface area contributed by atoms with Crippen molar-refractivity contribution in [3.63, 3.8) is 0 Å². The number of rotatable bonds is 4. The number of nitrogens with one attached hydrogen (secondary N) is 1. The van der Waals surface area contributed by atoms with E-state index in [2.05, 4.69) is 19.2 Å². The van der Waals surface area contributed by atoms with Gasteiger partial charge in [0.25, 0.3) is 0 Å².